The van der Waals surface area contributed by atoms with Crippen molar-refractivity contribution >= 4 is 0 Å². The average molecular weight is 684 g/mol. The molecule has 3 aliphatic rings. The second-order valence-corrected chi connectivity index (χ2v) is 22.8. The molecule has 0 aromatic carbocycles. The Bertz CT molecular complexity index is 1040. The normalized spacial score (nSPS) is 33.7. The molecule has 284 valence electrons. The largest absolute Gasteiger partial charge is 0.404 e. The minimum Gasteiger partial charge on any atom is -0.295 e. The molecule has 6 heteroatoms. The van der Waals surface area contributed by atoms with Gasteiger partial charge < -0.3 is 0 Å². The number of hydrogen-bond donors (Lipinski definition) is 0. The van der Waals surface area contributed by atoms with Crippen LogP contribution < -0.4 is 0 Å². The lowest BCUT2D eigenvalue weighted by Gasteiger charge is -2.59. The van der Waals surface area contributed by atoms with E-state index in [9.17, 15) is 0 Å². The van der Waals surface area contributed by atoms with E-state index >= 15 is 13.2 Å². The minimum absolute atomic E-state index is 0.0329. The molecule has 0 aliphatic carbocycles. The SMILES string of the molecule is CC(C)(C)C1CCN(C(C)(C)C)[C@@H](CC2CC(C(C)(C)C)C[C@@H](CC3CC(C(C)(C)C)C[C@H](C(F)(F)F)N3C(C)(C)C)N2C(C)(C)C)C1. The predicted octanol–water partition coefficient (Wildman–Crippen LogP) is 11.8. The van der Waals surface area contributed by atoms with Crippen molar-refractivity contribution in [1.29, 1.82) is 0 Å². The Hall–Kier alpha value is -0.330. The number of likely N-dealkylation sites (tertiary alicyclic amines) is 3. The molecule has 0 bridgehead atoms. The summed E-state index contributed by atoms with van der Waals surface area (Å²) < 4.78 is 45.1. The summed E-state index contributed by atoms with van der Waals surface area (Å²) in [6.07, 6.45) is 3.41. The van der Waals surface area contributed by atoms with Crippen molar-refractivity contribution in [1.82, 2.24) is 14.7 Å². The van der Waals surface area contributed by atoms with Crippen LogP contribution in [0.5, 0.6) is 0 Å². The van der Waals surface area contributed by atoms with Crippen LogP contribution in [0.25, 0.3) is 0 Å². The molecule has 48 heavy (non-hydrogen) atoms. The average Bonchev–Trinajstić information content (AvgIpc) is 2.83. The molecular formula is C42H80F3N3. The van der Waals surface area contributed by atoms with Crippen LogP contribution in [0.15, 0.2) is 0 Å². The Balaban J connectivity index is 2.12. The third kappa shape index (κ3) is 10.2. The van der Waals surface area contributed by atoms with Gasteiger partial charge in [-0.05, 0) is 154 Å². The molecule has 0 N–H and O–H groups in total. The van der Waals surface area contributed by atoms with Gasteiger partial charge in [0.2, 0.25) is 0 Å². The summed E-state index contributed by atoms with van der Waals surface area (Å²) in [7, 11) is 0. The Morgan fingerprint density at radius 2 is 0.792 bits per heavy atom. The first-order valence-corrected chi connectivity index (χ1v) is 19.6. The van der Waals surface area contributed by atoms with E-state index in [-0.39, 0.29) is 51.7 Å². The number of rotatable bonds is 4. The van der Waals surface area contributed by atoms with E-state index in [1.807, 2.05) is 25.7 Å². The second kappa shape index (κ2) is 13.9. The molecule has 0 aromatic rings. The zero-order valence-corrected chi connectivity index (χ0v) is 35.0. The molecule has 5 unspecified atom stereocenters. The Morgan fingerprint density at radius 3 is 1.15 bits per heavy atom. The summed E-state index contributed by atoms with van der Waals surface area (Å²) in [5.74, 6) is 1.25. The molecule has 3 heterocycles. The van der Waals surface area contributed by atoms with Gasteiger partial charge in [0.25, 0.3) is 0 Å². The van der Waals surface area contributed by atoms with Gasteiger partial charge in [0, 0.05) is 40.8 Å². The molecule has 0 radical (unpaired) electrons. The highest BCUT2D eigenvalue weighted by Crippen LogP contribution is 2.51. The van der Waals surface area contributed by atoms with Crippen LogP contribution in [0.4, 0.5) is 13.2 Å². The standard InChI is InChI=1S/C42H80F3N3/c1-36(2,3)28-19-20-46(39(10,11)12)31(21-28)26-32-22-29(37(4,5)6)23-33(47(32)40(13,14)15)27-34-24-30(38(7,8)9)25-35(42(43,44)45)48(34)41(16,17)18/h28-35H,19-27H2,1-18H3/t28?,29?,30?,31-,32?,33+,34?,35-/m1/s1. The molecule has 3 fully saturated rings. The van der Waals surface area contributed by atoms with Gasteiger partial charge in [-0.15, -0.1) is 0 Å². The van der Waals surface area contributed by atoms with E-state index in [0.717, 1.165) is 38.6 Å². The third-order valence-electron chi connectivity index (χ3n) is 13.0. The van der Waals surface area contributed by atoms with Crippen LogP contribution in [-0.4, -0.2) is 74.2 Å². The summed E-state index contributed by atoms with van der Waals surface area (Å²) in [5, 5.41) is 0. The first-order valence-electron chi connectivity index (χ1n) is 19.6. The van der Waals surface area contributed by atoms with Crippen molar-refractivity contribution < 1.29 is 13.2 Å². The van der Waals surface area contributed by atoms with E-state index in [1.54, 1.807) is 0 Å². The molecule has 3 saturated heterocycles. The summed E-state index contributed by atoms with van der Waals surface area (Å²) in [4.78, 5) is 7.55. The zero-order valence-electron chi connectivity index (χ0n) is 35.0. The van der Waals surface area contributed by atoms with Crippen LogP contribution in [0.1, 0.15) is 176 Å². The van der Waals surface area contributed by atoms with Gasteiger partial charge in [0.15, 0.2) is 0 Å². The van der Waals surface area contributed by atoms with Gasteiger partial charge in [-0.2, -0.15) is 13.2 Å². The lowest BCUT2D eigenvalue weighted by molar-refractivity contribution is -0.226. The van der Waals surface area contributed by atoms with Gasteiger partial charge >= 0.3 is 6.18 Å². The third-order valence-corrected chi connectivity index (χ3v) is 13.0. The fourth-order valence-electron chi connectivity index (χ4n) is 10.5. The quantitative estimate of drug-likeness (QED) is 0.292. The molecule has 0 saturated carbocycles. The number of alkyl halides is 3. The molecule has 8 atom stereocenters. The summed E-state index contributed by atoms with van der Waals surface area (Å²) in [6, 6.07) is -0.392. The van der Waals surface area contributed by atoms with Gasteiger partial charge in [0.05, 0.1) is 0 Å². The summed E-state index contributed by atoms with van der Waals surface area (Å²) in [5.41, 5.74) is -0.304. The van der Waals surface area contributed by atoms with Gasteiger partial charge in [-0.1, -0.05) is 62.3 Å². The summed E-state index contributed by atoms with van der Waals surface area (Å²) in [6.45, 7) is 42.3. The smallest absolute Gasteiger partial charge is 0.295 e. The maximum atomic E-state index is 15.0. The van der Waals surface area contributed by atoms with E-state index in [1.165, 1.54) is 12.8 Å². The van der Waals surface area contributed by atoms with Crippen LogP contribution in [0.2, 0.25) is 0 Å². The zero-order chi connectivity index (χ0) is 37.2. The predicted molar refractivity (Wildman–Crippen MR) is 200 cm³/mol. The van der Waals surface area contributed by atoms with Gasteiger partial charge in [-0.3, -0.25) is 14.7 Å². The summed E-state index contributed by atoms with van der Waals surface area (Å²) >= 11 is 0. The molecule has 3 nitrogen and oxygen atoms in total. The lowest BCUT2D eigenvalue weighted by Crippen LogP contribution is -2.66. The fraction of sp³-hybridized carbons (Fsp3) is 1.00. The van der Waals surface area contributed by atoms with Crippen molar-refractivity contribution in [3.8, 4) is 0 Å². The van der Waals surface area contributed by atoms with E-state index in [2.05, 4.69) is 114 Å². The van der Waals surface area contributed by atoms with E-state index < -0.39 is 17.8 Å². The maximum Gasteiger partial charge on any atom is 0.404 e. The molecule has 0 amide bonds. The highest BCUT2D eigenvalue weighted by Gasteiger charge is 2.56. The van der Waals surface area contributed by atoms with Gasteiger partial charge in [-0.25, -0.2) is 0 Å². The van der Waals surface area contributed by atoms with Crippen LogP contribution in [0.3, 0.4) is 0 Å². The number of hydrogen-bond acceptors (Lipinski definition) is 3. The fourth-order valence-corrected chi connectivity index (χ4v) is 10.5. The first-order chi connectivity index (χ1) is 21.2. The van der Waals surface area contributed by atoms with Crippen LogP contribution in [0, 0.1) is 34.0 Å². The Kier molecular flexibility index (Phi) is 12.2. The highest BCUT2D eigenvalue weighted by atomic mass is 19.4. The van der Waals surface area contributed by atoms with Crippen molar-refractivity contribution in [2.75, 3.05) is 6.54 Å². The van der Waals surface area contributed by atoms with Gasteiger partial charge in [0.1, 0.15) is 6.04 Å². The maximum absolute atomic E-state index is 15.0. The molecule has 0 spiro atoms. The Morgan fingerprint density at radius 1 is 0.438 bits per heavy atom. The number of halogens is 3. The van der Waals surface area contributed by atoms with Crippen molar-refractivity contribution in [3.63, 3.8) is 0 Å². The molecule has 0 aromatic heterocycles. The Labute approximate surface area is 296 Å². The lowest BCUT2D eigenvalue weighted by atomic mass is 9.65. The van der Waals surface area contributed by atoms with E-state index in [4.69, 9.17) is 0 Å². The topological polar surface area (TPSA) is 9.72 Å². The molecular weight excluding hydrogens is 603 g/mol. The number of nitrogens with zero attached hydrogens (tertiary/aromatic N) is 3. The monoisotopic (exact) mass is 684 g/mol. The van der Waals surface area contributed by atoms with E-state index in [0.29, 0.717) is 23.9 Å². The second-order valence-electron chi connectivity index (χ2n) is 22.8. The van der Waals surface area contributed by atoms with Crippen LogP contribution >= 0.6 is 0 Å². The molecule has 3 aliphatic heterocycles. The first kappa shape index (κ1) is 42.1. The minimum atomic E-state index is -4.25. The van der Waals surface area contributed by atoms with Crippen LogP contribution in [-0.2, 0) is 0 Å². The highest BCUT2D eigenvalue weighted by molar-refractivity contribution is 5.05. The van der Waals surface area contributed by atoms with Crippen molar-refractivity contribution in [2.24, 2.45) is 34.0 Å². The van der Waals surface area contributed by atoms with Crippen molar-refractivity contribution in [2.45, 2.75) is 229 Å². The van der Waals surface area contributed by atoms with Crippen molar-refractivity contribution in [3.05, 3.63) is 0 Å². The number of piperidine rings is 3. The molecule has 3 rings (SSSR count).